The maximum Gasteiger partial charge on any atom is 0.416 e. The van der Waals surface area contributed by atoms with E-state index in [1.54, 1.807) is 17.2 Å². The topological polar surface area (TPSA) is 93.6 Å². The number of halogens is 7. The standard InChI is InChI=1S/C31H27F7N6O3S/c1-14-26(48-16(3)41-14)18-7-22(27(46-4)39-9-18)23-10-40-28(43-11-21(32)12-43)42-24(23)13-44-15(2)25(47-29(44)45)17-5-19(30(33,34)35)8-20(6-17)31(36,37)38/h5-10,15,21,25H,11-13H2,1-4H3/t15-,25-/m0/s1. The van der Waals surface area contributed by atoms with E-state index in [0.717, 1.165) is 20.5 Å². The number of rotatable bonds is 7. The van der Waals surface area contributed by atoms with Crippen molar-refractivity contribution in [1.29, 1.82) is 0 Å². The number of hydrogen-bond donors (Lipinski definition) is 0. The number of thiazole rings is 1. The van der Waals surface area contributed by atoms with Crippen LogP contribution in [-0.4, -0.2) is 63.3 Å². The van der Waals surface area contributed by atoms with Crippen molar-refractivity contribution in [1.82, 2.24) is 24.8 Å². The van der Waals surface area contributed by atoms with Crippen LogP contribution in [0.3, 0.4) is 0 Å². The first-order valence-electron chi connectivity index (χ1n) is 14.5. The number of cyclic esters (lactones) is 1. The molecule has 4 aromatic rings. The molecule has 0 N–H and O–H groups in total. The molecule has 0 bridgehead atoms. The smallest absolute Gasteiger partial charge is 0.416 e. The zero-order valence-electron chi connectivity index (χ0n) is 25.8. The first kappa shape index (κ1) is 33.4. The number of amides is 1. The van der Waals surface area contributed by atoms with Crippen LogP contribution in [-0.2, 0) is 23.6 Å². The number of carbonyl (C=O) groups excluding carboxylic acids is 1. The number of anilines is 1. The fourth-order valence-electron chi connectivity index (χ4n) is 5.69. The molecule has 6 rings (SSSR count). The Balaban J connectivity index is 1.41. The highest BCUT2D eigenvalue weighted by Crippen LogP contribution is 2.42. The van der Waals surface area contributed by atoms with E-state index in [4.69, 9.17) is 9.47 Å². The maximum absolute atomic E-state index is 13.7. The summed E-state index contributed by atoms with van der Waals surface area (Å²) in [5.74, 6) is 0.366. The lowest BCUT2D eigenvalue weighted by Crippen LogP contribution is -2.49. The third kappa shape index (κ3) is 6.34. The summed E-state index contributed by atoms with van der Waals surface area (Å²) in [4.78, 5) is 34.8. The van der Waals surface area contributed by atoms with E-state index in [1.807, 2.05) is 13.8 Å². The molecule has 0 aliphatic carbocycles. The van der Waals surface area contributed by atoms with Gasteiger partial charge >= 0.3 is 18.4 Å². The van der Waals surface area contributed by atoms with Crippen LogP contribution in [0.2, 0.25) is 0 Å². The minimum Gasteiger partial charge on any atom is -0.481 e. The van der Waals surface area contributed by atoms with E-state index in [2.05, 4.69) is 19.9 Å². The number of hydrogen-bond acceptors (Lipinski definition) is 9. The van der Waals surface area contributed by atoms with E-state index in [-0.39, 0.29) is 43.2 Å². The number of aromatic nitrogens is 4. The fraction of sp³-hybridized carbons (Fsp3) is 0.387. The Morgan fingerprint density at radius 2 is 1.62 bits per heavy atom. The van der Waals surface area contributed by atoms with E-state index < -0.39 is 53.5 Å². The Morgan fingerprint density at radius 3 is 2.19 bits per heavy atom. The summed E-state index contributed by atoms with van der Waals surface area (Å²) < 4.78 is 106. The van der Waals surface area contributed by atoms with Gasteiger partial charge in [0.2, 0.25) is 11.8 Å². The second-order valence-electron chi connectivity index (χ2n) is 11.5. The van der Waals surface area contributed by atoms with Crippen LogP contribution in [0.15, 0.2) is 36.7 Å². The van der Waals surface area contributed by atoms with Crippen LogP contribution >= 0.6 is 11.3 Å². The normalized spacial score (nSPS) is 18.7. The molecule has 17 heteroatoms. The molecule has 2 atom stereocenters. The molecule has 1 aromatic carbocycles. The predicted octanol–water partition coefficient (Wildman–Crippen LogP) is 7.57. The van der Waals surface area contributed by atoms with Gasteiger partial charge in [0.05, 0.1) is 65.2 Å². The monoisotopic (exact) mass is 696 g/mol. The number of benzene rings is 1. The second kappa shape index (κ2) is 12.2. The number of carbonyl (C=O) groups is 1. The minimum atomic E-state index is -5.08. The van der Waals surface area contributed by atoms with E-state index in [9.17, 15) is 35.5 Å². The lowest BCUT2D eigenvalue weighted by molar-refractivity contribution is -0.143. The number of nitrogens with zero attached hydrogens (tertiary/aromatic N) is 6. The van der Waals surface area contributed by atoms with Gasteiger partial charge in [0.1, 0.15) is 12.3 Å². The van der Waals surface area contributed by atoms with Crippen molar-refractivity contribution in [3.8, 4) is 27.4 Å². The summed E-state index contributed by atoms with van der Waals surface area (Å²) in [5, 5.41) is 0.841. The predicted molar refractivity (Wildman–Crippen MR) is 160 cm³/mol. The average Bonchev–Trinajstić information content (AvgIpc) is 3.50. The summed E-state index contributed by atoms with van der Waals surface area (Å²) in [6, 6.07) is 1.87. The highest BCUT2D eigenvalue weighted by atomic mass is 32.1. The third-order valence-electron chi connectivity index (χ3n) is 8.13. The summed E-state index contributed by atoms with van der Waals surface area (Å²) >= 11 is 1.46. The number of methoxy groups -OCH3 is 1. The van der Waals surface area contributed by atoms with Gasteiger partial charge in [0.25, 0.3) is 0 Å². The fourth-order valence-corrected chi connectivity index (χ4v) is 6.59. The van der Waals surface area contributed by atoms with Gasteiger partial charge in [-0.15, -0.1) is 11.3 Å². The van der Waals surface area contributed by atoms with Gasteiger partial charge in [-0.1, -0.05) is 0 Å². The summed E-state index contributed by atoms with van der Waals surface area (Å²) in [7, 11) is 1.42. The quantitative estimate of drug-likeness (QED) is 0.183. The lowest BCUT2D eigenvalue weighted by Gasteiger charge is -2.34. The molecule has 0 unspecified atom stereocenters. The summed E-state index contributed by atoms with van der Waals surface area (Å²) in [6.07, 6.45) is -10.6. The molecule has 2 aliphatic rings. The zero-order chi connectivity index (χ0) is 34.7. The molecule has 0 radical (unpaired) electrons. The van der Waals surface area contributed by atoms with Crippen LogP contribution < -0.4 is 9.64 Å². The molecule has 2 saturated heterocycles. The van der Waals surface area contributed by atoms with Gasteiger partial charge in [0.15, 0.2) is 0 Å². The number of alkyl halides is 7. The molecular weight excluding hydrogens is 669 g/mol. The molecular formula is C31H27F7N6O3S. The average molecular weight is 697 g/mol. The van der Waals surface area contributed by atoms with Crippen LogP contribution in [0.25, 0.3) is 21.6 Å². The Labute approximate surface area is 273 Å². The number of pyridine rings is 1. The van der Waals surface area contributed by atoms with Crippen molar-refractivity contribution in [2.24, 2.45) is 0 Å². The van der Waals surface area contributed by atoms with Crippen LogP contribution in [0, 0.1) is 13.8 Å². The number of aryl methyl sites for hydroxylation is 2. The van der Waals surface area contributed by atoms with Crippen LogP contribution in [0.5, 0.6) is 5.88 Å². The molecule has 0 spiro atoms. The summed E-state index contributed by atoms with van der Waals surface area (Å²) in [5.41, 5.74) is -0.962. The third-order valence-corrected chi connectivity index (χ3v) is 9.25. The van der Waals surface area contributed by atoms with E-state index in [1.165, 1.54) is 31.6 Å². The molecule has 0 saturated carbocycles. The Morgan fingerprint density at radius 1 is 0.958 bits per heavy atom. The first-order chi connectivity index (χ1) is 22.5. The molecule has 9 nitrogen and oxygen atoms in total. The second-order valence-corrected chi connectivity index (χ2v) is 12.7. The largest absolute Gasteiger partial charge is 0.481 e. The van der Waals surface area contributed by atoms with Crippen molar-refractivity contribution in [3.05, 3.63) is 69.7 Å². The van der Waals surface area contributed by atoms with Crippen molar-refractivity contribution >= 4 is 23.4 Å². The molecule has 48 heavy (non-hydrogen) atoms. The van der Waals surface area contributed by atoms with Crippen LogP contribution in [0.1, 0.15) is 46.1 Å². The van der Waals surface area contributed by atoms with Gasteiger partial charge in [-0.25, -0.2) is 29.1 Å². The SMILES string of the molecule is COc1ncc(-c2sc(C)nc2C)cc1-c1cnc(N2CC(F)C2)nc1CN1C(=O)O[C@H](c2cc(C(F)(F)F)cc(C(F)(F)F)c2)[C@@H]1C. The number of ether oxygens (including phenoxy) is 2. The van der Waals surface area contributed by atoms with Crippen molar-refractivity contribution < 1.29 is 45.0 Å². The van der Waals surface area contributed by atoms with E-state index in [0.29, 0.717) is 28.8 Å². The van der Waals surface area contributed by atoms with E-state index >= 15 is 0 Å². The molecule has 1 amide bonds. The van der Waals surface area contributed by atoms with Gasteiger partial charge in [-0.3, -0.25) is 4.90 Å². The summed E-state index contributed by atoms with van der Waals surface area (Å²) in [6.45, 7) is 4.98. The van der Waals surface area contributed by atoms with Gasteiger partial charge in [-0.2, -0.15) is 26.3 Å². The Bertz CT molecular complexity index is 1840. The van der Waals surface area contributed by atoms with Crippen molar-refractivity contribution in [2.75, 3.05) is 25.1 Å². The lowest BCUT2D eigenvalue weighted by atomic mass is 9.97. The molecule has 3 aromatic heterocycles. The van der Waals surface area contributed by atoms with Gasteiger partial charge < -0.3 is 14.4 Å². The van der Waals surface area contributed by atoms with Crippen molar-refractivity contribution in [2.45, 2.75) is 58.0 Å². The van der Waals surface area contributed by atoms with Gasteiger partial charge in [0, 0.05) is 29.1 Å². The van der Waals surface area contributed by atoms with Crippen molar-refractivity contribution in [3.63, 3.8) is 0 Å². The zero-order valence-corrected chi connectivity index (χ0v) is 26.6. The minimum absolute atomic E-state index is 0.0137. The molecule has 2 aliphatic heterocycles. The van der Waals surface area contributed by atoms with Crippen LogP contribution in [0.4, 0.5) is 41.5 Å². The maximum atomic E-state index is 13.7. The first-order valence-corrected chi connectivity index (χ1v) is 15.4. The Hall–Kier alpha value is -4.54. The Kier molecular flexibility index (Phi) is 8.46. The molecule has 254 valence electrons. The highest BCUT2D eigenvalue weighted by molar-refractivity contribution is 7.15. The highest BCUT2D eigenvalue weighted by Gasteiger charge is 2.44. The molecule has 2 fully saturated rings. The molecule has 5 heterocycles. The van der Waals surface area contributed by atoms with Gasteiger partial charge in [-0.05, 0) is 50.6 Å².